The van der Waals surface area contributed by atoms with Gasteiger partial charge in [0, 0.05) is 0 Å². The maximum Gasteiger partial charge on any atom is -0.147 e. The van der Waals surface area contributed by atoms with Crippen LogP contribution in [-0.4, -0.2) is 3.21 Å². The molecule has 2 aromatic rings. The second kappa shape index (κ2) is 10.0. The Balaban J connectivity index is 0.00000120. The van der Waals surface area contributed by atoms with Gasteiger partial charge in [-0.05, 0) is 0 Å². The van der Waals surface area contributed by atoms with E-state index in [9.17, 15) is 0 Å². The Kier molecular flexibility index (Phi) is 7.94. The molecule has 0 radical (unpaired) electrons. The predicted molar refractivity (Wildman–Crippen MR) is 128 cm³/mol. The van der Waals surface area contributed by atoms with Crippen molar-refractivity contribution in [3.63, 3.8) is 0 Å². The normalized spacial score (nSPS) is 16.7. The van der Waals surface area contributed by atoms with Crippen molar-refractivity contribution in [2.24, 2.45) is 0 Å². The largest absolute Gasteiger partial charge is 0.147 e. The molecule has 0 nitrogen and oxygen atoms in total. The minimum Gasteiger partial charge on any atom is -0.147 e. The summed E-state index contributed by atoms with van der Waals surface area (Å²) in [5.74, 6) is 0. The Labute approximate surface area is 198 Å². The van der Waals surface area contributed by atoms with Gasteiger partial charge in [-0.25, -0.2) is 0 Å². The summed E-state index contributed by atoms with van der Waals surface area (Å²) in [7, 11) is 0. The van der Waals surface area contributed by atoms with Crippen LogP contribution in [0, 0.1) is 0 Å². The third kappa shape index (κ3) is 4.34. The summed E-state index contributed by atoms with van der Waals surface area (Å²) in [6.07, 6.45) is 15.4. The van der Waals surface area contributed by atoms with Gasteiger partial charge >= 0.3 is 175 Å². The summed E-state index contributed by atoms with van der Waals surface area (Å²) < 4.78 is 3.77. The van der Waals surface area contributed by atoms with Gasteiger partial charge < -0.3 is 0 Å². The molecule has 3 aliphatic carbocycles. The molecular weight excluding hydrogens is 474 g/mol. The van der Waals surface area contributed by atoms with Gasteiger partial charge in [0.1, 0.15) is 0 Å². The third-order valence-corrected chi connectivity index (χ3v) is 10.6. The van der Waals surface area contributed by atoms with Crippen molar-refractivity contribution in [2.45, 2.75) is 58.3 Å². The van der Waals surface area contributed by atoms with E-state index in [-0.39, 0.29) is 24.8 Å². The zero-order chi connectivity index (χ0) is 18.2. The van der Waals surface area contributed by atoms with Gasteiger partial charge in [0.25, 0.3) is 0 Å². The summed E-state index contributed by atoms with van der Waals surface area (Å²) in [5.41, 5.74) is 11.1. The van der Waals surface area contributed by atoms with E-state index >= 15 is 0 Å². The quantitative estimate of drug-likeness (QED) is 0.359. The first-order chi connectivity index (χ1) is 13.3. The summed E-state index contributed by atoms with van der Waals surface area (Å²) >= 11 is -0.675. The van der Waals surface area contributed by atoms with Gasteiger partial charge in [-0.15, -0.1) is 24.8 Å². The molecule has 29 heavy (non-hydrogen) atoms. The van der Waals surface area contributed by atoms with Gasteiger partial charge in [0.05, 0.1) is 0 Å². The van der Waals surface area contributed by atoms with Gasteiger partial charge in [0.15, 0.2) is 0 Å². The standard InChI is InChI=1S/C20H17.C6H10.2ClH.Zr/c1-2-14-7-5-9-18(14)16-10-11-20-17(13-16)12-15-6-3-4-8-19(15)20;1-2-4-6-5-3-1;;;/h3-8,10-11H,2,9,12H2,1H3;1-5H2;2*1H;. The maximum absolute atomic E-state index is 2.48. The van der Waals surface area contributed by atoms with Gasteiger partial charge in [-0.2, -0.15) is 0 Å². The molecule has 151 valence electrons. The van der Waals surface area contributed by atoms with Crippen LogP contribution in [0.2, 0.25) is 0 Å². The fourth-order valence-electron chi connectivity index (χ4n) is 5.05. The number of halogens is 2. The molecule has 0 unspecified atom stereocenters. The van der Waals surface area contributed by atoms with Crippen molar-refractivity contribution < 1.29 is 22.8 Å². The average molecular weight is 504 g/mol. The Morgan fingerprint density at radius 1 is 0.862 bits per heavy atom. The summed E-state index contributed by atoms with van der Waals surface area (Å²) in [6, 6.07) is 14.0. The number of hydrogen-bond acceptors (Lipinski definition) is 0. The van der Waals surface area contributed by atoms with Crippen molar-refractivity contribution in [2.75, 3.05) is 0 Å². The average Bonchev–Trinajstić information content (AvgIpc) is 3.33. The third-order valence-electron chi connectivity index (χ3n) is 6.48. The molecule has 0 aromatic heterocycles. The molecule has 1 saturated carbocycles. The number of rotatable bonds is 3. The fraction of sp³-hybridized carbons (Fsp3) is 0.346. The van der Waals surface area contributed by atoms with Crippen LogP contribution in [0.15, 0.2) is 54.1 Å². The van der Waals surface area contributed by atoms with E-state index in [1.165, 1.54) is 48.8 Å². The second-order valence-corrected chi connectivity index (χ2v) is 11.7. The van der Waals surface area contributed by atoms with Crippen molar-refractivity contribution in [3.8, 4) is 11.1 Å². The molecule has 5 rings (SSSR count). The summed E-state index contributed by atoms with van der Waals surface area (Å²) in [4.78, 5) is 0. The van der Waals surface area contributed by atoms with Gasteiger partial charge in [0.2, 0.25) is 0 Å². The van der Waals surface area contributed by atoms with Gasteiger partial charge in [-0.1, -0.05) is 0 Å². The monoisotopic (exact) mass is 501 g/mol. The van der Waals surface area contributed by atoms with Crippen LogP contribution in [0.25, 0.3) is 16.7 Å². The van der Waals surface area contributed by atoms with Crippen LogP contribution in [0.5, 0.6) is 0 Å². The fourth-order valence-corrected chi connectivity index (χ4v) is 9.23. The maximum atomic E-state index is 2.48. The van der Waals surface area contributed by atoms with Crippen LogP contribution >= 0.6 is 24.8 Å². The van der Waals surface area contributed by atoms with Crippen LogP contribution in [0.4, 0.5) is 0 Å². The summed E-state index contributed by atoms with van der Waals surface area (Å²) in [6.45, 7) is 2.31. The first-order valence-corrected chi connectivity index (χ1v) is 13.1. The molecule has 3 aliphatic rings. The van der Waals surface area contributed by atoms with E-state index in [1.807, 2.05) is 6.48 Å². The molecule has 0 aliphatic heterocycles. The van der Waals surface area contributed by atoms with Crippen LogP contribution in [0.3, 0.4) is 0 Å². The van der Waals surface area contributed by atoms with Crippen LogP contribution in [-0.2, 0) is 29.2 Å². The van der Waals surface area contributed by atoms with Crippen molar-refractivity contribution >= 4 is 36.9 Å². The Morgan fingerprint density at radius 3 is 2.41 bits per heavy atom. The zero-order valence-corrected chi connectivity index (χ0v) is 21.2. The number of benzene rings is 2. The molecule has 0 heterocycles. The molecule has 0 bridgehead atoms. The van der Waals surface area contributed by atoms with E-state index in [2.05, 4.69) is 55.5 Å². The Hall–Kier alpha value is -0.747. The predicted octanol–water partition coefficient (Wildman–Crippen LogP) is 7.07. The van der Waals surface area contributed by atoms with Crippen LogP contribution < -0.4 is 3.27 Å². The molecule has 0 spiro atoms. The first-order valence-electron chi connectivity index (χ1n) is 10.6. The van der Waals surface area contributed by atoms with E-state index in [4.69, 9.17) is 0 Å². The smallest absolute Gasteiger partial charge is 0.147 e. The minimum atomic E-state index is -0.675. The minimum absolute atomic E-state index is 0. The summed E-state index contributed by atoms with van der Waals surface area (Å²) in [5, 5.41) is 0. The van der Waals surface area contributed by atoms with E-state index in [0.29, 0.717) is 0 Å². The molecule has 3 heteroatoms. The first kappa shape index (κ1) is 22.9. The molecular formula is C26H29Cl2Zr. The molecule has 0 saturated heterocycles. The van der Waals surface area contributed by atoms with E-state index < -0.39 is 22.8 Å². The number of allylic oxidation sites excluding steroid dienone is 4. The van der Waals surface area contributed by atoms with Crippen LogP contribution in [0.1, 0.15) is 68.6 Å². The number of hydrogen-bond donors (Lipinski definition) is 0. The molecule has 0 N–H and O–H groups in total. The van der Waals surface area contributed by atoms with E-state index in [1.54, 1.807) is 22.3 Å². The van der Waals surface area contributed by atoms with Gasteiger partial charge in [-0.3, -0.25) is 0 Å². The van der Waals surface area contributed by atoms with Crippen molar-refractivity contribution in [3.05, 3.63) is 70.8 Å². The van der Waals surface area contributed by atoms with E-state index in [0.717, 1.165) is 19.3 Å². The Bertz CT molecular complexity index is 990. The van der Waals surface area contributed by atoms with Crippen molar-refractivity contribution in [1.29, 1.82) is 0 Å². The Morgan fingerprint density at radius 2 is 1.62 bits per heavy atom. The second-order valence-electron chi connectivity index (χ2n) is 8.10. The zero-order valence-electron chi connectivity index (χ0n) is 17.1. The topological polar surface area (TPSA) is 0 Å². The van der Waals surface area contributed by atoms with Crippen molar-refractivity contribution in [1.82, 2.24) is 0 Å². The molecule has 0 atom stereocenters. The molecule has 1 fully saturated rings. The SMILES string of the molecule is CCC1=C(c2ccc3c([c]2[Zr]=[C]2CCCCC2)Cc2ccccc2-3)CC=C1.Cl.Cl. The molecule has 2 aromatic carbocycles. The number of fused-ring (bicyclic) bond motifs is 3. The molecule has 0 amide bonds.